The molecule has 1 fully saturated rings. The lowest BCUT2D eigenvalue weighted by Gasteiger charge is -2.37. The highest BCUT2D eigenvalue weighted by Gasteiger charge is 2.43. The second-order valence-corrected chi connectivity index (χ2v) is 7.22. The molecule has 1 saturated heterocycles. The van der Waals surface area contributed by atoms with Crippen LogP contribution in [-0.4, -0.2) is 37.4 Å². The van der Waals surface area contributed by atoms with Gasteiger partial charge in [0.15, 0.2) is 0 Å². The predicted molar refractivity (Wildman–Crippen MR) is 110 cm³/mol. The van der Waals surface area contributed by atoms with Crippen LogP contribution in [0.2, 0.25) is 0 Å². The Kier molecular flexibility index (Phi) is 10.1. The molecule has 0 aliphatic carbocycles. The standard InChI is InChI=1S/C20H16F10N2O.2ClH/c21-15-10-12(18(22,23)24)9-14(19(25,26)27)16(15)17(32-7-5-31-6-8-32)11-1-3-13(4-2-11)33-20(28,29)30;;/h1-4,9-10,17,31H,5-8H2;2*1H/t17-;;/m0../s1. The van der Waals surface area contributed by atoms with Gasteiger partial charge in [-0.2, -0.15) is 26.3 Å². The number of hydrogen-bond acceptors (Lipinski definition) is 3. The number of ether oxygens (including phenoxy) is 1. The zero-order valence-corrected chi connectivity index (χ0v) is 19.0. The van der Waals surface area contributed by atoms with Gasteiger partial charge in [-0.15, -0.1) is 38.0 Å². The number of benzene rings is 2. The maximum absolute atomic E-state index is 14.9. The fourth-order valence-electron chi connectivity index (χ4n) is 3.65. The molecule has 2 aromatic carbocycles. The van der Waals surface area contributed by atoms with Crippen LogP contribution in [0.4, 0.5) is 43.9 Å². The van der Waals surface area contributed by atoms with Crippen molar-refractivity contribution in [3.8, 4) is 5.75 Å². The summed E-state index contributed by atoms with van der Waals surface area (Å²) in [6, 6.07) is 2.04. The van der Waals surface area contributed by atoms with Crippen molar-refractivity contribution in [3.63, 3.8) is 0 Å². The number of alkyl halides is 9. The molecule has 1 aliphatic heterocycles. The molecule has 0 spiro atoms. The number of nitrogens with zero attached hydrogens (tertiary/aromatic N) is 1. The molecule has 0 aromatic heterocycles. The van der Waals surface area contributed by atoms with Gasteiger partial charge in [0, 0.05) is 31.7 Å². The van der Waals surface area contributed by atoms with Crippen molar-refractivity contribution in [1.82, 2.24) is 10.2 Å². The van der Waals surface area contributed by atoms with Crippen LogP contribution in [0.3, 0.4) is 0 Å². The van der Waals surface area contributed by atoms with Crippen LogP contribution in [0.1, 0.15) is 28.3 Å². The van der Waals surface area contributed by atoms with E-state index in [0.29, 0.717) is 13.1 Å². The first-order valence-corrected chi connectivity index (χ1v) is 9.45. The third kappa shape index (κ3) is 7.76. The van der Waals surface area contributed by atoms with E-state index in [1.54, 1.807) is 0 Å². The van der Waals surface area contributed by atoms with E-state index in [1.807, 2.05) is 0 Å². The minimum absolute atomic E-state index is 0. The highest BCUT2D eigenvalue weighted by molar-refractivity contribution is 5.85. The summed E-state index contributed by atoms with van der Waals surface area (Å²) < 4.78 is 137. The SMILES string of the molecule is Cl.Cl.Fc1cc(C(F)(F)F)cc(C(F)(F)F)c1[C@H](c1ccc(OC(F)(F)F)cc1)N1CCNCC1. The van der Waals surface area contributed by atoms with Crippen molar-refractivity contribution >= 4 is 24.8 Å². The molecule has 3 rings (SSSR count). The maximum Gasteiger partial charge on any atom is 0.573 e. The molecule has 1 heterocycles. The summed E-state index contributed by atoms with van der Waals surface area (Å²) >= 11 is 0. The number of nitrogens with one attached hydrogen (secondary N) is 1. The predicted octanol–water partition coefficient (Wildman–Crippen LogP) is 6.60. The number of hydrogen-bond donors (Lipinski definition) is 1. The van der Waals surface area contributed by atoms with Gasteiger partial charge in [-0.3, -0.25) is 4.90 Å². The maximum atomic E-state index is 14.9. The Labute approximate surface area is 205 Å². The van der Waals surface area contributed by atoms with E-state index in [4.69, 9.17) is 0 Å². The molecule has 0 amide bonds. The fraction of sp³-hybridized carbons (Fsp3) is 0.400. The lowest BCUT2D eigenvalue weighted by molar-refractivity contribution is -0.274. The molecule has 1 N–H and O–H groups in total. The number of halogens is 12. The van der Waals surface area contributed by atoms with Gasteiger partial charge in [-0.05, 0) is 29.8 Å². The fourth-order valence-corrected chi connectivity index (χ4v) is 3.65. The van der Waals surface area contributed by atoms with Crippen LogP contribution in [0.5, 0.6) is 5.75 Å². The minimum atomic E-state index is -5.33. The molecular formula is C20H18Cl2F10N2O. The summed E-state index contributed by atoms with van der Waals surface area (Å²) in [5.74, 6) is -2.38. The van der Waals surface area contributed by atoms with Crippen molar-refractivity contribution in [2.45, 2.75) is 24.8 Å². The highest BCUT2D eigenvalue weighted by Crippen LogP contribution is 2.44. The Morgan fingerprint density at radius 2 is 1.34 bits per heavy atom. The molecule has 0 saturated carbocycles. The molecule has 35 heavy (non-hydrogen) atoms. The van der Waals surface area contributed by atoms with E-state index in [2.05, 4.69) is 10.1 Å². The van der Waals surface area contributed by atoms with Gasteiger partial charge in [-0.1, -0.05) is 12.1 Å². The molecule has 2 aromatic rings. The third-order valence-corrected chi connectivity index (χ3v) is 4.98. The number of rotatable bonds is 4. The average molecular weight is 563 g/mol. The van der Waals surface area contributed by atoms with Gasteiger partial charge < -0.3 is 10.1 Å². The van der Waals surface area contributed by atoms with Gasteiger partial charge in [0.2, 0.25) is 0 Å². The smallest absolute Gasteiger partial charge is 0.406 e. The average Bonchev–Trinajstić information content (AvgIpc) is 2.68. The van der Waals surface area contributed by atoms with Crippen LogP contribution in [0.25, 0.3) is 0 Å². The number of piperazine rings is 1. The molecule has 0 bridgehead atoms. The van der Waals surface area contributed by atoms with Crippen LogP contribution < -0.4 is 10.1 Å². The molecule has 3 nitrogen and oxygen atoms in total. The van der Waals surface area contributed by atoms with Gasteiger partial charge in [-0.25, -0.2) is 4.39 Å². The van der Waals surface area contributed by atoms with Crippen LogP contribution in [-0.2, 0) is 12.4 Å². The molecule has 1 atom stereocenters. The van der Waals surface area contributed by atoms with Crippen LogP contribution in [0, 0.1) is 5.82 Å². The Hall–Kier alpha value is -1.96. The van der Waals surface area contributed by atoms with Crippen LogP contribution in [0.15, 0.2) is 36.4 Å². The van der Waals surface area contributed by atoms with E-state index in [9.17, 15) is 43.9 Å². The Balaban J connectivity index is 0.00000306. The van der Waals surface area contributed by atoms with E-state index in [0.717, 1.165) is 24.3 Å². The molecule has 0 unspecified atom stereocenters. The van der Waals surface area contributed by atoms with E-state index < -0.39 is 53.0 Å². The summed E-state index contributed by atoms with van der Waals surface area (Å²) in [7, 11) is 0. The van der Waals surface area contributed by atoms with E-state index >= 15 is 0 Å². The molecule has 1 aliphatic rings. The first-order chi connectivity index (χ1) is 15.2. The summed E-state index contributed by atoms with van der Waals surface area (Å²) in [4.78, 5) is 1.41. The van der Waals surface area contributed by atoms with Gasteiger partial charge in [0.25, 0.3) is 0 Å². The molecule has 15 heteroatoms. The normalized spacial score (nSPS) is 16.2. The largest absolute Gasteiger partial charge is 0.573 e. The summed E-state index contributed by atoms with van der Waals surface area (Å²) in [6.45, 7) is 0.831. The van der Waals surface area contributed by atoms with Crippen LogP contribution >= 0.6 is 24.8 Å². The summed E-state index contributed by atoms with van der Waals surface area (Å²) in [5.41, 5.74) is -4.70. The topological polar surface area (TPSA) is 24.5 Å². The van der Waals surface area contributed by atoms with Crippen molar-refractivity contribution in [1.29, 1.82) is 0 Å². The van der Waals surface area contributed by atoms with Gasteiger partial charge >= 0.3 is 18.7 Å². The zero-order valence-electron chi connectivity index (χ0n) is 17.3. The second kappa shape index (κ2) is 11.4. The molecular weight excluding hydrogens is 545 g/mol. The lowest BCUT2D eigenvalue weighted by Crippen LogP contribution is -2.46. The third-order valence-electron chi connectivity index (χ3n) is 4.98. The molecule has 198 valence electrons. The zero-order chi connectivity index (χ0) is 24.6. The Morgan fingerprint density at radius 3 is 1.80 bits per heavy atom. The first kappa shape index (κ1) is 31.1. The summed E-state index contributed by atoms with van der Waals surface area (Å²) in [6.07, 6.45) is -15.6. The van der Waals surface area contributed by atoms with E-state index in [-0.39, 0.29) is 55.6 Å². The monoisotopic (exact) mass is 562 g/mol. The van der Waals surface area contributed by atoms with Gasteiger partial charge in [0.1, 0.15) is 11.6 Å². The summed E-state index contributed by atoms with van der Waals surface area (Å²) in [5, 5.41) is 2.94. The van der Waals surface area contributed by atoms with Crippen molar-refractivity contribution < 1.29 is 48.6 Å². The minimum Gasteiger partial charge on any atom is -0.406 e. The Morgan fingerprint density at radius 1 is 0.800 bits per heavy atom. The van der Waals surface area contributed by atoms with Crippen molar-refractivity contribution in [2.75, 3.05) is 26.2 Å². The lowest BCUT2D eigenvalue weighted by atomic mass is 9.90. The second-order valence-electron chi connectivity index (χ2n) is 7.22. The Bertz CT molecular complexity index is 972. The first-order valence-electron chi connectivity index (χ1n) is 9.45. The van der Waals surface area contributed by atoms with E-state index in [1.165, 1.54) is 4.90 Å². The quantitative estimate of drug-likeness (QED) is 0.425. The van der Waals surface area contributed by atoms with Crippen molar-refractivity contribution in [3.05, 3.63) is 64.5 Å². The van der Waals surface area contributed by atoms with Gasteiger partial charge in [0.05, 0.1) is 17.2 Å². The molecule has 0 radical (unpaired) electrons. The highest BCUT2D eigenvalue weighted by atomic mass is 35.5. The van der Waals surface area contributed by atoms with Crippen molar-refractivity contribution in [2.24, 2.45) is 0 Å².